The molecule has 1 heterocycles. The third-order valence-corrected chi connectivity index (χ3v) is 13.9. The first-order chi connectivity index (χ1) is 33.2. The molecule has 1 aliphatic rings. The third kappa shape index (κ3) is 6.26. The molecule has 314 valence electrons. The van der Waals surface area contributed by atoms with Gasteiger partial charge < -0.3 is 9.32 Å². The zero-order valence-electron chi connectivity index (χ0n) is 36.7. The van der Waals surface area contributed by atoms with Gasteiger partial charge in [-0.25, -0.2) is 0 Å². The normalized spacial score (nSPS) is 12.6. The quantitative estimate of drug-likeness (QED) is 0.151. The van der Waals surface area contributed by atoms with Crippen LogP contribution in [0, 0.1) is 0 Å². The molecule has 0 atom stereocenters. The third-order valence-electron chi connectivity index (χ3n) is 13.9. The van der Waals surface area contributed by atoms with E-state index in [1.807, 2.05) is 0 Å². The lowest BCUT2D eigenvalue weighted by atomic mass is 9.67. The van der Waals surface area contributed by atoms with Gasteiger partial charge in [-0.3, -0.25) is 0 Å². The van der Waals surface area contributed by atoms with Crippen LogP contribution in [-0.2, 0) is 5.41 Å². The van der Waals surface area contributed by atoms with Crippen LogP contribution in [0.15, 0.2) is 265 Å². The number of fused-ring (bicyclic) bond motifs is 8. The molecule has 11 aromatic carbocycles. The predicted molar refractivity (Wildman–Crippen MR) is 280 cm³/mol. The van der Waals surface area contributed by atoms with Gasteiger partial charge in [-0.05, 0) is 109 Å². The van der Waals surface area contributed by atoms with Crippen molar-refractivity contribution in [2.75, 3.05) is 4.90 Å². The summed E-state index contributed by atoms with van der Waals surface area (Å²) in [7, 11) is 0. The van der Waals surface area contributed by atoms with Crippen molar-refractivity contribution in [3.05, 3.63) is 283 Å². The fraction of sp³-hybridized carbons (Fsp3) is 0.0154. The van der Waals surface area contributed by atoms with Crippen LogP contribution in [0.25, 0.3) is 77.2 Å². The van der Waals surface area contributed by atoms with Crippen LogP contribution in [0.5, 0.6) is 0 Å². The zero-order valence-corrected chi connectivity index (χ0v) is 36.7. The molecule has 0 amide bonds. The second-order valence-corrected chi connectivity index (χ2v) is 17.6. The number of nitrogens with zero attached hydrogens (tertiary/aromatic N) is 1. The molecular weight excluding hydrogens is 811 g/mol. The maximum absolute atomic E-state index is 7.10. The van der Waals surface area contributed by atoms with E-state index in [1.54, 1.807) is 0 Å². The molecule has 0 aliphatic heterocycles. The van der Waals surface area contributed by atoms with Gasteiger partial charge >= 0.3 is 0 Å². The van der Waals surface area contributed by atoms with Crippen molar-refractivity contribution >= 4 is 49.8 Å². The van der Waals surface area contributed by atoms with E-state index in [4.69, 9.17) is 4.42 Å². The van der Waals surface area contributed by atoms with E-state index in [0.717, 1.165) is 60.9 Å². The molecule has 2 heteroatoms. The second kappa shape index (κ2) is 15.8. The molecule has 0 saturated heterocycles. The minimum atomic E-state index is -0.553. The van der Waals surface area contributed by atoms with Crippen LogP contribution in [0.1, 0.15) is 22.3 Å². The highest BCUT2D eigenvalue weighted by molar-refractivity contribution is 6.20. The summed E-state index contributed by atoms with van der Waals surface area (Å²) in [6.45, 7) is 0. The van der Waals surface area contributed by atoms with Crippen molar-refractivity contribution in [2.24, 2.45) is 0 Å². The van der Waals surface area contributed by atoms with Crippen LogP contribution in [0.4, 0.5) is 17.1 Å². The Labute approximate surface area is 390 Å². The molecule has 1 aromatic heterocycles. The number of anilines is 3. The summed E-state index contributed by atoms with van der Waals surface area (Å²) in [4.78, 5) is 2.42. The summed E-state index contributed by atoms with van der Waals surface area (Å²) >= 11 is 0. The lowest BCUT2D eigenvalue weighted by molar-refractivity contribution is 0.673. The molecule has 0 unspecified atom stereocenters. The first-order valence-electron chi connectivity index (χ1n) is 23.1. The Bertz CT molecular complexity index is 3720. The van der Waals surface area contributed by atoms with Gasteiger partial charge in [-0.2, -0.15) is 0 Å². The highest BCUT2D eigenvalue weighted by Crippen LogP contribution is 2.57. The highest BCUT2D eigenvalue weighted by atomic mass is 16.3. The average Bonchev–Trinajstić information content (AvgIpc) is 3.94. The van der Waals surface area contributed by atoms with E-state index in [9.17, 15) is 0 Å². The molecule has 1 aliphatic carbocycles. The number of hydrogen-bond donors (Lipinski definition) is 0. The lowest BCUT2D eigenvalue weighted by Gasteiger charge is -2.35. The van der Waals surface area contributed by atoms with Crippen LogP contribution in [0.3, 0.4) is 0 Å². The first-order valence-corrected chi connectivity index (χ1v) is 23.1. The standard InChI is InChI=1S/C65H43NO/c1-5-17-44(18-6-1)46-29-31-49(32-30-46)59-41-54(43-62-63(59)58-39-35-48-21-13-14-26-55(48)64(58)67-62)66(52-36-33-47(34-37-52)45-19-7-2-8-20-45)53-38-40-57-56-27-15-16-28-60(56)65(61(57)42-53,50-22-9-3-10-23-50)51-24-11-4-12-25-51/h1-43H. The van der Waals surface area contributed by atoms with Gasteiger partial charge in [0.25, 0.3) is 0 Å². The van der Waals surface area contributed by atoms with Gasteiger partial charge in [-0.1, -0.05) is 218 Å². The fourth-order valence-electron chi connectivity index (χ4n) is 10.9. The van der Waals surface area contributed by atoms with E-state index in [2.05, 4.69) is 266 Å². The molecule has 0 saturated carbocycles. The molecule has 0 radical (unpaired) electrons. The van der Waals surface area contributed by atoms with Crippen molar-refractivity contribution in [1.29, 1.82) is 0 Å². The molecule has 67 heavy (non-hydrogen) atoms. The molecule has 13 rings (SSSR count). The van der Waals surface area contributed by atoms with E-state index in [0.29, 0.717) is 0 Å². The van der Waals surface area contributed by atoms with Crippen LogP contribution in [-0.4, -0.2) is 0 Å². The van der Waals surface area contributed by atoms with Crippen LogP contribution in [0.2, 0.25) is 0 Å². The van der Waals surface area contributed by atoms with Crippen molar-refractivity contribution in [2.45, 2.75) is 5.41 Å². The van der Waals surface area contributed by atoms with Crippen molar-refractivity contribution in [3.8, 4) is 44.5 Å². The second-order valence-electron chi connectivity index (χ2n) is 17.6. The number of benzene rings is 11. The molecule has 0 N–H and O–H groups in total. The number of rotatable bonds is 8. The summed E-state index contributed by atoms with van der Waals surface area (Å²) in [5.41, 5.74) is 18.8. The topological polar surface area (TPSA) is 16.4 Å². The largest absolute Gasteiger partial charge is 0.455 e. The molecule has 2 nitrogen and oxygen atoms in total. The Morgan fingerprint density at radius 1 is 0.313 bits per heavy atom. The zero-order chi connectivity index (χ0) is 44.3. The van der Waals surface area contributed by atoms with Crippen molar-refractivity contribution in [3.63, 3.8) is 0 Å². The average molecular weight is 854 g/mol. The maximum atomic E-state index is 7.10. The summed E-state index contributed by atoms with van der Waals surface area (Å²) in [6.07, 6.45) is 0. The Hall–Kier alpha value is -8.72. The van der Waals surface area contributed by atoms with Gasteiger partial charge in [0.15, 0.2) is 0 Å². The molecule has 0 spiro atoms. The SMILES string of the molecule is c1ccc(-c2ccc(-c3cc(N(c4ccc(-c5ccccc5)cc4)c4ccc5c(c4)C(c4ccccc4)(c4ccccc4)c4ccccc4-5)cc4oc5c6ccccc6ccc5c34)cc2)cc1. The monoisotopic (exact) mass is 853 g/mol. The van der Waals surface area contributed by atoms with Crippen LogP contribution >= 0.6 is 0 Å². The molecule has 12 aromatic rings. The minimum absolute atomic E-state index is 0.553. The molecule has 0 fully saturated rings. The minimum Gasteiger partial charge on any atom is -0.455 e. The Balaban J connectivity index is 1.08. The molecule has 0 bridgehead atoms. The summed E-state index contributed by atoms with van der Waals surface area (Å²) in [6, 6.07) is 95.0. The van der Waals surface area contributed by atoms with Crippen molar-refractivity contribution < 1.29 is 4.42 Å². The Morgan fingerprint density at radius 3 is 1.51 bits per heavy atom. The van der Waals surface area contributed by atoms with E-state index in [1.165, 1.54) is 55.6 Å². The number of furan rings is 1. The van der Waals surface area contributed by atoms with Gasteiger partial charge in [0.1, 0.15) is 11.2 Å². The van der Waals surface area contributed by atoms with E-state index < -0.39 is 5.41 Å². The first kappa shape index (κ1) is 38.7. The fourth-order valence-corrected chi connectivity index (χ4v) is 10.9. The highest BCUT2D eigenvalue weighted by Gasteiger charge is 2.46. The van der Waals surface area contributed by atoms with Crippen LogP contribution < -0.4 is 4.90 Å². The Morgan fingerprint density at radius 2 is 0.836 bits per heavy atom. The number of hydrogen-bond acceptors (Lipinski definition) is 2. The lowest BCUT2D eigenvalue weighted by Crippen LogP contribution is -2.28. The van der Waals surface area contributed by atoms with Gasteiger partial charge in [-0.15, -0.1) is 0 Å². The summed E-state index contributed by atoms with van der Waals surface area (Å²) in [5.74, 6) is 0. The smallest absolute Gasteiger partial charge is 0.143 e. The van der Waals surface area contributed by atoms with Crippen molar-refractivity contribution in [1.82, 2.24) is 0 Å². The Kier molecular flexibility index (Phi) is 9.11. The summed E-state index contributed by atoms with van der Waals surface area (Å²) in [5, 5.41) is 4.47. The summed E-state index contributed by atoms with van der Waals surface area (Å²) < 4.78 is 7.10. The molecular formula is C65H43NO. The maximum Gasteiger partial charge on any atom is 0.143 e. The van der Waals surface area contributed by atoms with E-state index >= 15 is 0 Å². The predicted octanol–water partition coefficient (Wildman–Crippen LogP) is 17.6. The van der Waals surface area contributed by atoms with E-state index in [-0.39, 0.29) is 0 Å². The van der Waals surface area contributed by atoms with Gasteiger partial charge in [0, 0.05) is 33.6 Å². The van der Waals surface area contributed by atoms with Gasteiger partial charge in [0.2, 0.25) is 0 Å². The van der Waals surface area contributed by atoms with Gasteiger partial charge in [0.05, 0.1) is 11.1 Å².